The predicted octanol–water partition coefficient (Wildman–Crippen LogP) is 5.59. The molecule has 8 heteroatoms. The standard InChI is InChI=1S/C32H26N2O4S2/c1-3-37-31(36)28-20(2)33-32-34(29(28)26-14-9-17-39-26)30(35)27(40-32)18-24-23-13-8-7-12-22(23)15-16-25(24)38-19-21-10-5-4-6-11-21/h4-18,29H,3,19H2,1-2H3/b27-18-/t29-/m0/s1. The highest BCUT2D eigenvalue weighted by atomic mass is 32.1. The summed E-state index contributed by atoms with van der Waals surface area (Å²) in [6.45, 7) is 4.21. The van der Waals surface area contributed by atoms with Crippen molar-refractivity contribution in [1.82, 2.24) is 4.57 Å². The Hall–Kier alpha value is -4.27. The number of nitrogens with zero attached hydrogens (tertiary/aromatic N) is 2. The maximum Gasteiger partial charge on any atom is 0.338 e. The molecule has 0 amide bonds. The van der Waals surface area contributed by atoms with E-state index in [1.54, 1.807) is 18.4 Å². The van der Waals surface area contributed by atoms with Crippen molar-refractivity contribution in [3.63, 3.8) is 0 Å². The summed E-state index contributed by atoms with van der Waals surface area (Å²) in [5, 5.41) is 3.97. The lowest BCUT2D eigenvalue weighted by molar-refractivity contribution is -0.139. The summed E-state index contributed by atoms with van der Waals surface area (Å²) in [5.41, 5.74) is 2.62. The highest BCUT2D eigenvalue weighted by Crippen LogP contribution is 2.33. The Kier molecular flexibility index (Phi) is 7.19. The van der Waals surface area contributed by atoms with Gasteiger partial charge in [0.15, 0.2) is 4.80 Å². The van der Waals surface area contributed by atoms with Crippen LogP contribution in [0.3, 0.4) is 0 Å². The van der Waals surface area contributed by atoms with E-state index < -0.39 is 12.0 Å². The molecule has 0 saturated carbocycles. The maximum absolute atomic E-state index is 14.1. The first kappa shape index (κ1) is 26.0. The van der Waals surface area contributed by atoms with Crippen molar-refractivity contribution >= 4 is 45.5 Å². The van der Waals surface area contributed by atoms with E-state index in [9.17, 15) is 9.59 Å². The van der Waals surface area contributed by atoms with Gasteiger partial charge in [-0.2, -0.15) is 0 Å². The lowest BCUT2D eigenvalue weighted by Gasteiger charge is -2.23. The molecule has 0 radical (unpaired) electrons. The second-order valence-electron chi connectivity index (χ2n) is 9.29. The molecule has 0 fully saturated rings. The SMILES string of the molecule is CCOC(=O)C1=C(C)N=c2s/c(=C\c3c(OCc4ccccc4)ccc4ccccc34)c(=O)n2[C@H]1c1cccs1. The van der Waals surface area contributed by atoms with E-state index in [1.165, 1.54) is 22.7 Å². The van der Waals surface area contributed by atoms with Crippen LogP contribution in [0, 0.1) is 0 Å². The zero-order chi connectivity index (χ0) is 27.6. The van der Waals surface area contributed by atoms with Crippen LogP contribution in [0.1, 0.15) is 35.9 Å². The molecule has 5 aromatic rings. The molecule has 1 aliphatic heterocycles. The van der Waals surface area contributed by atoms with Gasteiger partial charge in [-0.25, -0.2) is 9.79 Å². The molecule has 0 unspecified atom stereocenters. The van der Waals surface area contributed by atoms with Crippen LogP contribution >= 0.6 is 22.7 Å². The molecule has 1 atom stereocenters. The van der Waals surface area contributed by atoms with E-state index in [0.29, 0.717) is 33.0 Å². The van der Waals surface area contributed by atoms with E-state index in [2.05, 4.69) is 4.99 Å². The summed E-state index contributed by atoms with van der Waals surface area (Å²) >= 11 is 2.81. The lowest BCUT2D eigenvalue weighted by atomic mass is 10.0. The summed E-state index contributed by atoms with van der Waals surface area (Å²) in [6.07, 6.45) is 1.89. The van der Waals surface area contributed by atoms with Gasteiger partial charge < -0.3 is 9.47 Å². The van der Waals surface area contributed by atoms with E-state index in [-0.39, 0.29) is 12.2 Å². The van der Waals surface area contributed by atoms with Crippen LogP contribution in [0.15, 0.2) is 105 Å². The van der Waals surface area contributed by atoms with E-state index in [4.69, 9.17) is 9.47 Å². The number of thiophene rings is 1. The number of rotatable bonds is 7. The Morgan fingerprint density at radius 1 is 1.02 bits per heavy atom. The molecule has 0 N–H and O–H groups in total. The lowest BCUT2D eigenvalue weighted by Crippen LogP contribution is -2.39. The van der Waals surface area contributed by atoms with Gasteiger partial charge in [0.2, 0.25) is 0 Å². The normalized spacial score (nSPS) is 15.2. The first-order valence-corrected chi connectivity index (χ1v) is 14.7. The number of aromatic nitrogens is 1. The molecule has 0 aliphatic carbocycles. The fraction of sp³-hybridized carbons (Fsp3) is 0.156. The molecule has 3 heterocycles. The molecule has 40 heavy (non-hydrogen) atoms. The first-order valence-electron chi connectivity index (χ1n) is 13.0. The zero-order valence-corrected chi connectivity index (χ0v) is 23.6. The minimum Gasteiger partial charge on any atom is -0.488 e. The zero-order valence-electron chi connectivity index (χ0n) is 22.0. The van der Waals surface area contributed by atoms with E-state index in [0.717, 1.165) is 26.8 Å². The number of carbonyl (C=O) groups excluding carboxylic acids is 1. The summed E-state index contributed by atoms with van der Waals surface area (Å²) in [6, 6.07) is 25.3. The number of carbonyl (C=O) groups is 1. The number of hydrogen-bond acceptors (Lipinski definition) is 7. The van der Waals surface area contributed by atoms with Crippen LogP contribution < -0.4 is 19.6 Å². The Bertz CT molecular complexity index is 1920. The molecule has 0 saturated heterocycles. The van der Waals surface area contributed by atoms with Crippen molar-refractivity contribution in [3.05, 3.63) is 131 Å². The smallest absolute Gasteiger partial charge is 0.338 e. The van der Waals surface area contributed by atoms with Crippen LogP contribution in [0.2, 0.25) is 0 Å². The van der Waals surface area contributed by atoms with Crippen molar-refractivity contribution in [2.45, 2.75) is 26.5 Å². The largest absolute Gasteiger partial charge is 0.488 e. The van der Waals surface area contributed by atoms with Gasteiger partial charge in [0.05, 0.1) is 22.4 Å². The molecule has 6 rings (SSSR count). The van der Waals surface area contributed by atoms with Crippen LogP contribution in [0.25, 0.3) is 16.8 Å². The third-order valence-corrected chi connectivity index (χ3v) is 8.68. The molecule has 200 valence electrons. The second-order valence-corrected chi connectivity index (χ2v) is 11.3. The number of hydrogen-bond donors (Lipinski definition) is 0. The topological polar surface area (TPSA) is 69.9 Å². The fourth-order valence-electron chi connectivity index (χ4n) is 4.92. The monoisotopic (exact) mass is 566 g/mol. The average molecular weight is 567 g/mol. The third kappa shape index (κ3) is 4.80. The van der Waals surface area contributed by atoms with Crippen molar-refractivity contribution < 1.29 is 14.3 Å². The van der Waals surface area contributed by atoms with Crippen LogP contribution in [-0.4, -0.2) is 17.1 Å². The minimum absolute atomic E-state index is 0.210. The number of esters is 1. The second kappa shape index (κ2) is 11.1. The average Bonchev–Trinajstić information content (AvgIpc) is 3.61. The van der Waals surface area contributed by atoms with Gasteiger partial charge in [-0.1, -0.05) is 78.1 Å². The molecular weight excluding hydrogens is 540 g/mol. The Labute approximate surface area is 238 Å². The molecule has 3 aromatic carbocycles. The van der Waals surface area contributed by atoms with Gasteiger partial charge in [0.25, 0.3) is 5.56 Å². The number of ether oxygens (including phenoxy) is 2. The molecule has 2 aromatic heterocycles. The van der Waals surface area contributed by atoms with Crippen molar-refractivity contribution in [2.24, 2.45) is 4.99 Å². The fourth-order valence-corrected chi connectivity index (χ4v) is 6.78. The quantitative estimate of drug-likeness (QED) is 0.241. The highest BCUT2D eigenvalue weighted by Gasteiger charge is 2.34. The summed E-state index contributed by atoms with van der Waals surface area (Å²) < 4.78 is 13.8. The number of fused-ring (bicyclic) bond motifs is 2. The highest BCUT2D eigenvalue weighted by molar-refractivity contribution is 7.10. The number of allylic oxidation sites excluding steroid dienone is 1. The summed E-state index contributed by atoms with van der Waals surface area (Å²) in [4.78, 5) is 33.2. The van der Waals surface area contributed by atoms with Crippen molar-refractivity contribution in [1.29, 1.82) is 0 Å². The van der Waals surface area contributed by atoms with Crippen LogP contribution in [0.4, 0.5) is 0 Å². The third-order valence-electron chi connectivity index (χ3n) is 6.77. The van der Waals surface area contributed by atoms with Crippen molar-refractivity contribution in [3.8, 4) is 5.75 Å². The van der Waals surface area contributed by atoms with Gasteiger partial charge >= 0.3 is 5.97 Å². The van der Waals surface area contributed by atoms with Gasteiger partial charge in [-0.3, -0.25) is 9.36 Å². The molecule has 0 spiro atoms. The summed E-state index contributed by atoms with van der Waals surface area (Å²) in [7, 11) is 0. The molecule has 0 bridgehead atoms. The Morgan fingerprint density at radius 2 is 1.82 bits per heavy atom. The summed E-state index contributed by atoms with van der Waals surface area (Å²) in [5.74, 6) is 0.230. The first-order chi connectivity index (χ1) is 19.5. The van der Waals surface area contributed by atoms with Gasteiger partial charge in [0, 0.05) is 10.4 Å². The molecule has 6 nitrogen and oxygen atoms in total. The molecular formula is C32H26N2O4S2. The Morgan fingerprint density at radius 3 is 2.60 bits per heavy atom. The van der Waals surface area contributed by atoms with E-state index in [1.807, 2.05) is 90.3 Å². The number of benzene rings is 3. The van der Waals surface area contributed by atoms with Crippen molar-refractivity contribution in [2.75, 3.05) is 6.61 Å². The predicted molar refractivity (Wildman–Crippen MR) is 159 cm³/mol. The van der Waals surface area contributed by atoms with Gasteiger partial charge in [0.1, 0.15) is 18.4 Å². The number of thiazole rings is 1. The van der Waals surface area contributed by atoms with Crippen LogP contribution in [0.5, 0.6) is 5.75 Å². The minimum atomic E-state index is -0.598. The maximum atomic E-state index is 14.1. The van der Waals surface area contributed by atoms with E-state index >= 15 is 0 Å². The Balaban J connectivity index is 1.52. The van der Waals surface area contributed by atoms with Gasteiger partial charge in [-0.15, -0.1) is 11.3 Å². The molecule has 1 aliphatic rings. The van der Waals surface area contributed by atoms with Gasteiger partial charge in [-0.05, 0) is 53.8 Å². The van der Waals surface area contributed by atoms with Crippen LogP contribution in [-0.2, 0) is 16.1 Å².